The second-order valence-electron chi connectivity index (χ2n) is 4.32. The van der Waals surface area contributed by atoms with E-state index in [1.165, 1.54) is 6.07 Å². The number of hydrogen-bond donors (Lipinski definition) is 1. The van der Waals surface area contributed by atoms with E-state index in [4.69, 9.17) is 10.3 Å². The highest BCUT2D eigenvalue weighted by Crippen LogP contribution is 2.29. The summed E-state index contributed by atoms with van der Waals surface area (Å²) in [7, 11) is 0. The molecule has 5 nitrogen and oxygen atoms in total. The lowest BCUT2D eigenvalue weighted by atomic mass is 10.2. The SMILES string of the molecule is CCC(N)Cc1noc(-c2ccc(C(F)(F)F)cn2)n1. The molecule has 1 atom stereocenters. The van der Waals surface area contributed by atoms with E-state index >= 15 is 0 Å². The predicted molar refractivity (Wildman–Crippen MR) is 64.5 cm³/mol. The number of rotatable bonds is 4. The van der Waals surface area contributed by atoms with Crippen LogP contribution in [0.25, 0.3) is 11.6 Å². The summed E-state index contributed by atoms with van der Waals surface area (Å²) in [6.45, 7) is 1.93. The molecule has 2 rings (SSSR count). The Kier molecular flexibility index (Phi) is 4.03. The zero-order chi connectivity index (χ0) is 14.8. The summed E-state index contributed by atoms with van der Waals surface area (Å²) in [4.78, 5) is 7.74. The van der Waals surface area contributed by atoms with Gasteiger partial charge in [-0.1, -0.05) is 12.1 Å². The van der Waals surface area contributed by atoms with E-state index in [0.29, 0.717) is 12.2 Å². The number of nitrogens with two attached hydrogens (primary N) is 1. The van der Waals surface area contributed by atoms with Crippen LogP contribution in [0.5, 0.6) is 0 Å². The monoisotopic (exact) mass is 286 g/mol. The van der Waals surface area contributed by atoms with Gasteiger partial charge in [-0.15, -0.1) is 0 Å². The van der Waals surface area contributed by atoms with Crippen LogP contribution < -0.4 is 5.73 Å². The molecule has 0 amide bonds. The molecule has 0 aliphatic carbocycles. The molecule has 2 N–H and O–H groups in total. The lowest BCUT2D eigenvalue weighted by Crippen LogP contribution is -2.21. The largest absolute Gasteiger partial charge is 0.417 e. The van der Waals surface area contributed by atoms with Gasteiger partial charge in [0.05, 0.1) is 5.56 Å². The van der Waals surface area contributed by atoms with Crippen molar-refractivity contribution in [3.8, 4) is 11.6 Å². The number of hydrogen-bond acceptors (Lipinski definition) is 5. The third-order valence-electron chi connectivity index (χ3n) is 2.75. The number of aromatic nitrogens is 3. The smallest absolute Gasteiger partial charge is 0.332 e. The highest BCUT2D eigenvalue weighted by atomic mass is 19.4. The second kappa shape index (κ2) is 5.58. The first-order valence-corrected chi connectivity index (χ1v) is 6.02. The highest BCUT2D eigenvalue weighted by Gasteiger charge is 2.30. The molecule has 0 bridgehead atoms. The Labute approximate surface area is 113 Å². The topological polar surface area (TPSA) is 77.8 Å². The van der Waals surface area contributed by atoms with Gasteiger partial charge < -0.3 is 10.3 Å². The van der Waals surface area contributed by atoms with E-state index in [1.54, 1.807) is 0 Å². The van der Waals surface area contributed by atoms with Crippen molar-refractivity contribution in [3.05, 3.63) is 29.7 Å². The van der Waals surface area contributed by atoms with E-state index in [9.17, 15) is 13.2 Å². The Morgan fingerprint density at radius 3 is 2.65 bits per heavy atom. The van der Waals surface area contributed by atoms with E-state index in [0.717, 1.165) is 18.7 Å². The first-order valence-electron chi connectivity index (χ1n) is 6.02. The van der Waals surface area contributed by atoms with Crippen molar-refractivity contribution in [2.24, 2.45) is 5.73 Å². The minimum Gasteiger partial charge on any atom is -0.332 e. The molecule has 0 aliphatic rings. The highest BCUT2D eigenvalue weighted by molar-refractivity contribution is 5.46. The van der Waals surface area contributed by atoms with Crippen LogP contribution in [0, 0.1) is 0 Å². The normalized spacial score (nSPS) is 13.4. The number of nitrogens with zero attached hydrogens (tertiary/aromatic N) is 3. The molecule has 1 unspecified atom stereocenters. The average Bonchev–Trinajstić information content (AvgIpc) is 2.86. The molecule has 0 fully saturated rings. The Balaban J connectivity index is 2.16. The van der Waals surface area contributed by atoms with Crippen molar-refractivity contribution in [1.29, 1.82) is 0 Å². The minimum absolute atomic E-state index is 0.0806. The first kappa shape index (κ1) is 14.4. The standard InChI is InChI=1S/C12H13F3N4O/c1-2-8(16)5-10-18-11(20-19-10)9-4-3-7(6-17-9)12(13,14)15/h3-4,6,8H,2,5,16H2,1H3. The van der Waals surface area contributed by atoms with Crippen molar-refractivity contribution in [2.45, 2.75) is 32.0 Å². The lowest BCUT2D eigenvalue weighted by Gasteiger charge is -2.05. The van der Waals surface area contributed by atoms with Gasteiger partial charge in [0.25, 0.3) is 5.89 Å². The van der Waals surface area contributed by atoms with Gasteiger partial charge in [-0.05, 0) is 18.6 Å². The van der Waals surface area contributed by atoms with Gasteiger partial charge in [0.2, 0.25) is 0 Å². The summed E-state index contributed by atoms with van der Waals surface area (Å²) in [5, 5.41) is 3.72. The maximum absolute atomic E-state index is 12.4. The van der Waals surface area contributed by atoms with E-state index in [2.05, 4.69) is 15.1 Å². The van der Waals surface area contributed by atoms with E-state index in [-0.39, 0.29) is 17.6 Å². The Morgan fingerprint density at radius 1 is 1.35 bits per heavy atom. The molecule has 2 aromatic heterocycles. The maximum Gasteiger partial charge on any atom is 0.417 e. The van der Waals surface area contributed by atoms with Gasteiger partial charge in [0, 0.05) is 18.7 Å². The summed E-state index contributed by atoms with van der Waals surface area (Å²) in [5.41, 5.74) is 5.13. The Morgan fingerprint density at radius 2 is 2.10 bits per heavy atom. The van der Waals surface area contributed by atoms with Crippen molar-refractivity contribution < 1.29 is 17.7 Å². The van der Waals surface area contributed by atoms with E-state index in [1.807, 2.05) is 6.92 Å². The number of alkyl halides is 3. The van der Waals surface area contributed by atoms with Crippen molar-refractivity contribution in [3.63, 3.8) is 0 Å². The lowest BCUT2D eigenvalue weighted by molar-refractivity contribution is -0.137. The fourth-order valence-electron chi connectivity index (χ4n) is 1.51. The van der Waals surface area contributed by atoms with Crippen LogP contribution in [0.4, 0.5) is 13.2 Å². The molecular formula is C12H13F3N4O. The van der Waals surface area contributed by atoms with Gasteiger partial charge in [0.1, 0.15) is 5.69 Å². The Hall–Kier alpha value is -1.96. The molecule has 2 heterocycles. The van der Waals surface area contributed by atoms with Gasteiger partial charge in [-0.25, -0.2) is 0 Å². The van der Waals surface area contributed by atoms with Gasteiger partial charge >= 0.3 is 6.18 Å². The average molecular weight is 286 g/mol. The molecule has 0 saturated heterocycles. The van der Waals surface area contributed by atoms with Crippen LogP contribution in [-0.2, 0) is 12.6 Å². The van der Waals surface area contributed by atoms with Gasteiger partial charge in [0.15, 0.2) is 5.82 Å². The van der Waals surface area contributed by atoms with Crippen molar-refractivity contribution in [2.75, 3.05) is 0 Å². The van der Waals surface area contributed by atoms with Crippen LogP contribution in [0.1, 0.15) is 24.7 Å². The zero-order valence-electron chi connectivity index (χ0n) is 10.7. The molecule has 0 radical (unpaired) electrons. The molecule has 0 aromatic carbocycles. The molecule has 2 aromatic rings. The van der Waals surface area contributed by atoms with Crippen LogP contribution >= 0.6 is 0 Å². The summed E-state index contributed by atoms with van der Waals surface area (Å²) >= 11 is 0. The van der Waals surface area contributed by atoms with Gasteiger partial charge in [-0.3, -0.25) is 4.98 Å². The molecule has 8 heteroatoms. The molecular weight excluding hydrogens is 273 g/mol. The fraction of sp³-hybridized carbons (Fsp3) is 0.417. The molecule has 20 heavy (non-hydrogen) atoms. The minimum atomic E-state index is -4.42. The van der Waals surface area contributed by atoms with Gasteiger partial charge in [-0.2, -0.15) is 18.2 Å². The van der Waals surface area contributed by atoms with Crippen LogP contribution in [0.3, 0.4) is 0 Å². The zero-order valence-corrected chi connectivity index (χ0v) is 10.7. The molecule has 0 spiro atoms. The maximum atomic E-state index is 12.4. The van der Waals surface area contributed by atoms with Crippen molar-refractivity contribution >= 4 is 0 Å². The predicted octanol–water partition coefficient (Wildman–Crippen LogP) is 2.43. The molecule has 0 saturated carbocycles. The quantitative estimate of drug-likeness (QED) is 0.934. The molecule has 0 aliphatic heterocycles. The summed E-state index contributed by atoms with van der Waals surface area (Å²) < 4.78 is 42.2. The van der Waals surface area contributed by atoms with Crippen LogP contribution in [-0.4, -0.2) is 21.2 Å². The van der Waals surface area contributed by atoms with E-state index < -0.39 is 11.7 Å². The third kappa shape index (κ3) is 3.32. The second-order valence-corrected chi connectivity index (χ2v) is 4.32. The third-order valence-corrected chi connectivity index (χ3v) is 2.75. The number of halogens is 3. The van der Waals surface area contributed by atoms with Crippen LogP contribution in [0.2, 0.25) is 0 Å². The van der Waals surface area contributed by atoms with Crippen molar-refractivity contribution in [1.82, 2.24) is 15.1 Å². The van der Waals surface area contributed by atoms with Crippen LogP contribution in [0.15, 0.2) is 22.9 Å². The first-order chi connectivity index (χ1) is 9.40. The summed E-state index contributed by atoms with van der Waals surface area (Å²) in [5.74, 6) is 0.494. The summed E-state index contributed by atoms with van der Waals surface area (Å²) in [6, 6.07) is 2.03. The summed E-state index contributed by atoms with van der Waals surface area (Å²) in [6.07, 6.45) is -2.47. The number of pyridine rings is 1. The molecule has 108 valence electrons. The Bertz CT molecular complexity index is 565. The fourth-order valence-corrected chi connectivity index (χ4v) is 1.51.